The molecule has 2 N–H and O–H groups in total. The van der Waals surface area contributed by atoms with E-state index in [-0.39, 0.29) is 0 Å². The van der Waals surface area contributed by atoms with Crippen LogP contribution in [0.1, 0.15) is 0 Å². The molecule has 0 aromatic heterocycles. The third kappa shape index (κ3) is 3.56. The minimum atomic E-state index is -1.86. The summed E-state index contributed by atoms with van der Waals surface area (Å²) < 4.78 is 9.66. The first kappa shape index (κ1) is 4.56. The number of hydrogen-bond acceptors (Lipinski definition) is 1. The molecule has 0 rings (SSSR count). The Morgan fingerprint density at radius 2 is 2.20 bits per heavy atom. The molecule has 2 nitrogen and oxygen atoms in total. The molecule has 0 aromatic rings. The van der Waals surface area contributed by atoms with Crippen LogP contribution in [0.4, 0.5) is 0 Å². The zero-order chi connectivity index (χ0) is 4.28. The van der Waals surface area contributed by atoms with Crippen molar-refractivity contribution in [2.45, 2.75) is 0 Å². The van der Waals surface area contributed by atoms with Gasteiger partial charge in [-0.15, -0.1) is 0 Å². The van der Waals surface area contributed by atoms with E-state index in [1.54, 1.807) is 0 Å². The Kier molecular flexibility index (Phi) is 1.68. The van der Waals surface area contributed by atoms with Crippen LogP contribution in [0, 0.1) is 0 Å². The monoisotopic (exact) mass is 87.0 g/mol. The van der Waals surface area contributed by atoms with Gasteiger partial charge in [-0.3, -0.25) is 0 Å². The van der Waals surface area contributed by atoms with Crippen molar-refractivity contribution in [1.29, 1.82) is 0 Å². The van der Waals surface area contributed by atoms with Crippen molar-refractivity contribution in [3.63, 3.8) is 0 Å². The zero-order valence-corrected chi connectivity index (χ0v) is 3.77. The Morgan fingerprint density at radius 1 is 2.00 bits per heavy atom. The van der Waals surface area contributed by atoms with E-state index in [0.29, 0.717) is 0 Å². The first-order valence-electron chi connectivity index (χ1n) is 1.19. The van der Waals surface area contributed by atoms with Gasteiger partial charge in [-0.2, -0.15) is 0 Å². The molecule has 0 atom stereocenters. The summed E-state index contributed by atoms with van der Waals surface area (Å²) in [5.41, 5.74) is 1.24. The normalized spacial score (nSPS) is 6.40. The quantitative estimate of drug-likeness (QED) is 0.442. The van der Waals surface area contributed by atoms with Crippen molar-refractivity contribution in [2.24, 2.45) is 5.40 Å². The second-order valence-electron chi connectivity index (χ2n) is 0.606. The lowest BCUT2D eigenvalue weighted by Gasteiger charge is -1.61. The topological polar surface area (TPSA) is 43.1 Å². The van der Waals surface area contributed by atoms with Crippen LogP contribution >= 0.6 is 0 Å². The van der Waals surface area contributed by atoms with E-state index in [9.17, 15) is 4.46 Å². The third-order valence-electron chi connectivity index (χ3n) is 0.201. The van der Waals surface area contributed by atoms with Crippen molar-refractivity contribution in [1.82, 2.24) is 0 Å². The van der Waals surface area contributed by atoms with Gasteiger partial charge in [-0.05, 0) is 5.70 Å². The predicted octanol–water partition coefficient (Wildman–Crippen LogP) is -0.411. The summed E-state index contributed by atoms with van der Waals surface area (Å²) in [6.45, 7) is 3.17. The second-order valence-corrected chi connectivity index (χ2v) is 1.82. The lowest BCUT2D eigenvalue weighted by atomic mass is 11.3. The number of nitrogens with two attached hydrogens (primary N) is 1. The van der Waals surface area contributed by atoms with E-state index in [1.165, 1.54) is 5.70 Å². The molecule has 0 saturated carbocycles. The van der Waals surface area contributed by atoms with E-state index in [1.807, 2.05) is 0 Å². The van der Waals surface area contributed by atoms with Crippen molar-refractivity contribution in [3.05, 3.63) is 12.3 Å². The van der Waals surface area contributed by atoms with E-state index in [0.717, 1.165) is 0 Å². The third-order valence-corrected chi connectivity index (χ3v) is 0.604. The molecule has 0 aliphatic heterocycles. The molecule has 0 unspecified atom stereocenters. The molecule has 0 bridgehead atoms. The molecule has 3 heteroatoms. The number of hydrogen-bond donors (Lipinski definition) is 1. The molecule has 28 valence electrons. The first-order valence-corrected chi connectivity index (χ1v) is 2.75. The van der Waals surface area contributed by atoms with Gasteiger partial charge < -0.3 is 9.86 Å². The fourth-order valence-electron chi connectivity index (χ4n) is 0. The lowest BCUT2D eigenvalue weighted by molar-refractivity contribution is 0.569. The molecule has 0 saturated heterocycles. The van der Waals surface area contributed by atoms with Gasteiger partial charge in [0.1, 0.15) is 0 Å². The number of rotatable bonds is 1. The first-order chi connectivity index (χ1) is 2.27. The maximum atomic E-state index is 9.66. The van der Waals surface area contributed by atoms with Crippen LogP contribution in [-0.4, -0.2) is 8.84 Å². The summed E-state index contributed by atoms with van der Waals surface area (Å²) in [6.07, 6.45) is 0. The second kappa shape index (κ2) is 1.84. The van der Waals surface area contributed by atoms with Crippen LogP contribution in [0.5, 0.6) is 0 Å². The Balaban J connectivity index is 3.20. The molecule has 5 heavy (non-hydrogen) atoms. The lowest BCUT2D eigenvalue weighted by Crippen LogP contribution is -2.08. The molecule has 0 aliphatic rings. The van der Waals surface area contributed by atoms with E-state index in [2.05, 4.69) is 6.58 Å². The molecule has 0 aromatic carbocycles. The maximum Gasteiger partial charge on any atom is 0.417 e. The van der Waals surface area contributed by atoms with Gasteiger partial charge in [0, 0.05) is 0 Å². The highest BCUT2D eigenvalue weighted by Crippen LogP contribution is 1.45. The molecule has 0 spiro atoms. The van der Waals surface area contributed by atoms with Gasteiger partial charge in [-0.1, -0.05) is 6.58 Å². The highest BCUT2D eigenvalue weighted by molar-refractivity contribution is 6.44. The summed E-state index contributed by atoms with van der Waals surface area (Å²) in [5, 5.41) is 4.72. The Bertz CT molecular complexity index is 60.7. The minimum Gasteiger partial charge on any atom is -0.400 e. The van der Waals surface area contributed by atoms with Crippen LogP contribution in [0.3, 0.4) is 0 Å². The standard InChI is InChI=1S/C2H5NOSi/c1-2-5(3)4/h2H,1,3H2. The largest absolute Gasteiger partial charge is 0.417 e. The fourth-order valence-corrected chi connectivity index (χ4v) is 0. The Labute approximate surface area is 32.0 Å². The van der Waals surface area contributed by atoms with E-state index < -0.39 is 8.84 Å². The van der Waals surface area contributed by atoms with E-state index >= 15 is 0 Å². The zero-order valence-electron chi connectivity index (χ0n) is 2.77. The van der Waals surface area contributed by atoms with Crippen molar-refractivity contribution >= 4 is 8.84 Å². The van der Waals surface area contributed by atoms with Gasteiger partial charge in [0.15, 0.2) is 0 Å². The summed E-state index contributed by atoms with van der Waals surface area (Å²) in [5.74, 6) is 0. The molecular formula is C2H5NOSi. The van der Waals surface area contributed by atoms with Gasteiger partial charge in [-0.25, -0.2) is 0 Å². The molecular weight excluding hydrogens is 82.1 g/mol. The Morgan fingerprint density at radius 3 is 2.20 bits per heavy atom. The van der Waals surface area contributed by atoms with Crippen LogP contribution in [0.15, 0.2) is 12.3 Å². The molecule has 0 amide bonds. The van der Waals surface area contributed by atoms with Crippen LogP contribution < -0.4 is 5.40 Å². The summed E-state index contributed by atoms with van der Waals surface area (Å²) in [4.78, 5) is 0. The van der Waals surface area contributed by atoms with Gasteiger partial charge in [0.05, 0.1) is 0 Å². The highest BCUT2D eigenvalue weighted by Gasteiger charge is 1.77. The van der Waals surface area contributed by atoms with Crippen LogP contribution in [0.25, 0.3) is 0 Å². The summed E-state index contributed by atoms with van der Waals surface area (Å²) in [6, 6.07) is 0. The molecule has 0 fully saturated rings. The fraction of sp³-hybridized carbons (Fsp3) is 0. The molecule has 0 radical (unpaired) electrons. The van der Waals surface area contributed by atoms with Crippen molar-refractivity contribution in [2.75, 3.05) is 0 Å². The maximum absolute atomic E-state index is 9.66. The SMILES string of the molecule is C=C[Si](N)=O. The Hall–Kier alpha value is -0.443. The summed E-state index contributed by atoms with van der Waals surface area (Å²) >= 11 is 0. The van der Waals surface area contributed by atoms with Gasteiger partial charge in [0.2, 0.25) is 0 Å². The molecule has 0 heterocycles. The average Bonchev–Trinajstić information content (AvgIpc) is 1.38. The average molecular weight is 87.2 g/mol. The highest BCUT2D eigenvalue weighted by atomic mass is 28.3. The predicted molar refractivity (Wildman–Crippen MR) is 20.8 cm³/mol. The van der Waals surface area contributed by atoms with Crippen molar-refractivity contribution in [3.8, 4) is 0 Å². The van der Waals surface area contributed by atoms with Crippen molar-refractivity contribution < 1.29 is 4.46 Å². The van der Waals surface area contributed by atoms with Crippen LogP contribution in [0.2, 0.25) is 0 Å². The summed E-state index contributed by atoms with van der Waals surface area (Å²) in [7, 11) is -1.86. The van der Waals surface area contributed by atoms with Gasteiger partial charge in [0.25, 0.3) is 0 Å². The molecule has 0 aliphatic carbocycles. The van der Waals surface area contributed by atoms with Gasteiger partial charge >= 0.3 is 8.84 Å². The van der Waals surface area contributed by atoms with E-state index in [4.69, 9.17) is 5.40 Å². The minimum absolute atomic E-state index is 1.24. The van der Waals surface area contributed by atoms with Crippen LogP contribution in [-0.2, 0) is 4.46 Å². The smallest absolute Gasteiger partial charge is 0.400 e.